The van der Waals surface area contributed by atoms with E-state index < -0.39 is 5.97 Å². The first kappa shape index (κ1) is 17.2. The van der Waals surface area contributed by atoms with Gasteiger partial charge in [0, 0.05) is 23.0 Å². The minimum Gasteiger partial charge on any atom is -0.452 e. The summed E-state index contributed by atoms with van der Waals surface area (Å²) in [6, 6.07) is 8.35. The maximum absolute atomic E-state index is 12.3. The van der Waals surface area contributed by atoms with Crippen LogP contribution >= 0.6 is 0 Å². The third kappa shape index (κ3) is 4.47. The Hall–Kier alpha value is -2.63. The molecule has 1 heterocycles. The summed E-state index contributed by atoms with van der Waals surface area (Å²) in [6.45, 7) is -0.337. The van der Waals surface area contributed by atoms with Crippen LogP contribution in [-0.4, -0.2) is 29.5 Å². The van der Waals surface area contributed by atoms with Gasteiger partial charge in [-0.3, -0.25) is 9.59 Å². The van der Waals surface area contributed by atoms with Crippen LogP contribution in [0, 0.1) is 0 Å². The van der Waals surface area contributed by atoms with E-state index in [4.69, 9.17) is 4.74 Å². The van der Waals surface area contributed by atoms with Gasteiger partial charge in [0.05, 0.1) is 5.56 Å². The summed E-state index contributed by atoms with van der Waals surface area (Å²) in [4.78, 5) is 38.7. The molecule has 1 saturated carbocycles. The van der Waals surface area contributed by atoms with Gasteiger partial charge in [-0.2, -0.15) is 0 Å². The standard InChI is InChI=1S/C19H22N2O4/c22-17-11-15(14-9-5-6-10-16(14)21-17)19(24)25-12-18(23)20-13-7-3-1-2-4-8-13/h5-6,9-11,13H,1-4,7-8,12H2,(H,20,23)(H,21,22). The lowest BCUT2D eigenvalue weighted by molar-refractivity contribution is -0.125. The Morgan fingerprint density at radius 3 is 2.60 bits per heavy atom. The van der Waals surface area contributed by atoms with Crippen LogP contribution in [0.15, 0.2) is 35.1 Å². The Morgan fingerprint density at radius 2 is 1.84 bits per heavy atom. The molecule has 3 rings (SSSR count). The van der Waals surface area contributed by atoms with Crippen LogP contribution in [0.4, 0.5) is 0 Å². The Labute approximate surface area is 145 Å². The smallest absolute Gasteiger partial charge is 0.339 e. The van der Waals surface area contributed by atoms with Crippen LogP contribution < -0.4 is 10.9 Å². The predicted octanol–water partition coefficient (Wildman–Crippen LogP) is 2.52. The molecule has 0 unspecified atom stereocenters. The van der Waals surface area contributed by atoms with Crippen molar-refractivity contribution in [1.29, 1.82) is 0 Å². The molecule has 6 heteroatoms. The number of aromatic nitrogens is 1. The van der Waals surface area contributed by atoms with E-state index in [1.54, 1.807) is 24.3 Å². The van der Waals surface area contributed by atoms with Crippen LogP contribution in [0.3, 0.4) is 0 Å². The van der Waals surface area contributed by atoms with Gasteiger partial charge in [0.1, 0.15) is 0 Å². The van der Waals surface area contributed by atoms with E-state index in [9.17, 15) is 14.4 Å². The molecule has 2 N–H and O–H groups in total. The second-order valence-corrected chi connectivity index (χ2v) is 6.42. The highest BCUT2D eigenvalue weighted by molar-refractivity contribution is 6.03. The predicted molar refractivity (Wildman–Crippen MR) is 94.5 cm³/mol. The van der Waals surface area contributed by atoms with Gasteiger partial charge in [-0.05, 0) is 18.9 Å². The number of hydrogen-bond acceptors (Lipinski definition) is 4. The number of benzene rings is 1. The highest BCUT2D eigenvalue weighted by Gasteiger charge is 2.17. The Kier molecular flexibility index (Phi) is 5.48. The van der Waals surface area contributed by atoms with Crippen LogP contribution in [0.25, 0.3) is 10.9 Å². The summed E-state index contributed by atoms with van der Waals surface area (Å²) in [6.07, 6.45) is 6.58. The average molecular weight is 342 g/mol. The molecule has 0 aliphatic heterocycles. The van der Waals surface area contributed by atoms with E-state index in [-0.39, 0.29) is 29.7 Å². The molecule has 1 aliphatic rings. The monoisotopic (exact) mass is 342 g/mol. The highest BCUT2D eigenvalue weighted by Crippen LogP contribution is 2.17. The molecule has 1 aromatic carbocycles. The third-order valence-corrected chi connectivity index (χ3v) is 4.53. The van der Waals surface area contributed by atoms with Crippen LogP contribution in [-0.2, 0) is 9.53 Å². The number of fused-ring (bicyclic) bond motifs is 1. The molecule has 0 spiro atoms. The van der Waals surface area contributed by atoms with Crippen LogP contribution in [0.5, 0.6) is 0 Å². The second-order valence-electron chi connectivity index (χ2n) is 6.42. The fourth-order valence-corrected chi connectivity index (χ4v) is 3.28. The molecule has 1 aromatic heterocycles. The number of esters is 1. The number of ether oxygens (including phenoxy) is 1. The van der Waals surface area contributed by atoms with Gasteiger partial charge in [-0.25, -0.2) is 4.79 Å². The summed E-state index contributed by atoms with van der Waals surface area (Å²) in [5, 5.41) is 3.52. The number of carbonyl (C=O) groups is 2. The summed E-state index contributed by atoms with van der Waals surface area (Å²) in [5.41, 5.74) is 0.347. The van der Waals surface area contributed by atoms with Gasteiger partial charge in [0.25, 0.3) is 5.91 Å². The lowest BCUT2D eigenvalue weighted by Crippen LogP contribution is -2.37. The maximum Gasteiger partial charge on any atom is 0.339 e. The molecule has 2 aromatic rings. The molecule has 0 radical (unpaired) electrons. The van der Waals surface area contributed by atoms with Crippen molar-refractivity contribution >= 4 is 22.8 Å². The molecule has 0 bridgehead atoms. The van der Waals surface area contributed by atoms with Crippen molar-refractivity contribution in [1.82, 2.24) is 10.3 Å². The summed E-state index contributed by atoms with van der Waals surface area (Å²) in [5.74, 6) is -0.965. The minimum absolute atomic E-state index is 0.161. The van der Waals surface area contributed by atoms with Crippen LogP contribution in [0.1, 0.15) is 48.9 Å². The number of rotatable bonds is 4. The van der Waals surface area contributed by atoms with Crippen molar-refractivity contribution in [2.75, 3.05) is 6.61 Å². The number of carbonyl (C=O) groups excluding carboxylic acids is 2. The summed E-state index contributed by atoms with van der Waals surface area (Å²) < 4.78 is 5.12. The number of hydrogen-bond donors (Lipinski definition) is 2. The van der Waals surface area contributed by atoms with E-state index in [1.807, 2.05) is 0 Å². The van der Waals surface area contributed by atoms with Crippen molar-refractivity contribution < 1.29 is 14.3 Å². The van der Waals surface area contributed by atoms with Crippen molar-refractivity contribution in [3.8, 4) is 0 Å². The van der Waals surface area contributed by atoms with Gasteiger partial charge in [-0.15, -0.1) is 0 Å². The van der Waals surface area contributed by atoms with Gasteiger partial charge in [0.15, 0.2) is 6.61 Å². The third-order valence-electron chi connectivity index (χ3n) is 4.53. The highest BCUT2D eigenvalue weighted by atomic mass is 16.5. The maximum atomic E-state index is 12.3. The number of amides is 1. The lowest BCUT2D eigenvalue weighted by Gasteiger charge is -2.16. The summed E-state index contributed by atoms with van der Waals surface area (Å²) in [7, 11) is 0. The lowest BCUT2D eigenvalue weighted by atomic mass is 10.1. The van der Waals surface area contributed by atoms with Crippen molar-refractivity contribution in [2.24, 2.45) is 0 Å². The molecule has 25 heavy (non-hydrogen) atoms. The first-order valence-corrected chi connectivity index (χ1v) is 8.72. The van der Waals surface area contributed by atoms with Crippen molar-refractivity contribution in [2.45, 2.75) is 44.6 Å². The summed E-state index contributed by atoms with van der Waals surface area (Å²) >= 11 is 0. The van der Waals surface area contributed by atoms with Gasteiger partial charge < -0.3 is 15.0 Å². The first-order valence-electron chi connectivity index (χ1n) is 8.72. The molecule has 0 saturated heterocycles. The zero-order valence-corrected chi connectivity index (χ0v) is 14.0. The van der Waals surface area contributed by atoms with Gasteiger partial charge in [0.2, 0.25) is 5.56 Å². The molecule has 1 amide bonds. The van der Waals surface area contributed by atoms with E-state index >= 15 is 0 Å². The number of nitrogens with one attached hydrogen (secondary N) is 2. The van der Waals surface area contributed by atoms with Gasteiger partial charge in [-0.1, -0.05) is 43.9 Å². The number of pyridine rings is 1. The zero-order chi connectivity index (χ0) is 17.6. The first-order chi connectivity index (χ1) is 12.1. The van der Waals surface area contributed by atoms with E-state index in [2.05, 4.69) is 10.3 Å². The second kappa shape index (κ2) is 7.96. The normalized spacial score (nSPS) is 15.5. The van der Waals surface area contributed by atoms with Crippen molar-refractivity contribution in [3.05, 3.63) is 46.2 Å². The van der Waals surface area contributed by atoms with E-state index in [0.717, 1.165) is 25.7 Å². The number of para-hydroxylation sites is 1. The largest absolute Gasteiger partial charge is 0.452 e. The SMILES string of the molecule is O=C(COC(=O)c1cc(=O)[nH]c2ccccc12)NC1CCCCCC1. The van der Waals surface area contributed by atoms with Crippen LogP contribution in [0.2, 0.25) is 0 Å². The molecule has 1 aliphatic carbocycles. The zero-order valence-electron chi connectivity index (χ0n) is 14.0. The van der Waals surface area contributed by atoms with Crippen molar-refractivity contribution in [3.63, 3.8) is 0 Å². The fraction of sp³-hybridized carbons (Fsp3) is 0.421. The molecule has 0 atom stereocenters. The number of aromatic amines is 1. The number of H-pyrrole nitrogens is 1. The van der Waals surface area contributed by atoms with E-state index in [0.29, 0.717) is 10.9 Å². The Morgan fingerprint density at radius 1 is 1.12 bits per heavy atom. The molecule has 132 valence electrons. The minimum atomic E-state index is -0.668. The topological polar surface area (TPSA) is 88.3 Å². The quantitative estimate of drug-likeness (QED) is 0.660. The fourth-order valence-electron chi connectivity index (χ4n) is 3.28. The Balaban J connectivity index is 1.63. The molecular formula is C19H22N2O4. The average Bonchev–Trinajstić information content (AvgIpc) is 2.87. The van der Waals surface area contributed by atoms with E-state index in [1.165, 1.54) is 18.9 Å². The molecule has 1 fully saturated rings. The molecular weight excluding hydrogens is 320 g/mol. The van der Waals surface area contributed by atoms with Gasteiger partial charge >= 0.3 is 5.97 Å². The Bertz CT molecular complexity index is 820. The molecule has 6 nitrogen and oxygen atoms in total.